The van der Waals surface area contributed by atoms with Crippen molar-refractivity contribution in [3.8, 4) is 0 Å². The van der Waals surface area contributed by atoms with Gasteiger partial charge < -0.3 is 10.2 Å². The van der Waals surface area contributed by atoms with Crippen LogP contribution in [0.2, 0.25) is 0 Å². The Hall–Kier alpha value is -1.85. The average Bonchev–Trinajstić information content (AvgIpc) is 2.78. The molecule has 20 heavy (non-hydrogen) atoms. The molecule has 1 atom stereocenters. The van der Waals surface area contributed by atoms with E-state index in [0.717, 1.165) is 31.5 Å². The first kappa shape index (κ1) is 14.6. The Labute approximate surface area is 119 Å². The van der Waals surface area contributed by atoms with Crippen LogP contribution in [0.25, 0.3) is 0 Å². The lowest BCUT2D eigenvalue weighted by molar-refractivity contribution is -0.120. The van der Waals surface area contributed by atoms with E-state index in [1.54, 1.807) is 10.9 Å². The number of carbonyl (C=O) groups excluding carboxylic acids is 2. The topological polar surface area (TPSA) is 67.2 Å². The minimum absolute atomic E-state index is 0.0185. The van der Waals surface area contributed by atoms with Crippen LogP contribution in [-0.2, 0) is 18.3 Å². The van der Waals surface area contributed by atoms with Gasteiger partial charge in [-0.3, -0.25) is 14.3 Å². The van der Waals surface area contributed by atoms with E-state index in [1.807, 2.05) is 18.9 Å². The number of piperidine rings is 1. The minimum Gasteiger partial charge on any atom is -0.352 e. The van der Waals surface area contributed by atoms with Crippen molar-refractivity contribution in [1.29, 1.82) is 0 Å². The summed E-state index contributed by atoms with van der Waals surface area (Å²) in [5.74, 6) is -0.0232. The standard InChI is InChI=1S/C14H22N4O2/c1-4-13-12(8-15-17(13)3)14(20)18-7-5-6-11(9-18)16-10(2)19/h8,11H,4-7,9H2,1-3H3,(H,16,19)/t11-/m1/s1. The summed E-state index contributed by atoms with van der Waals surface area (Å²) < 4.78 is 1.75. The summed E-state index contributed by atoms with van der Waals surface area (Å²) in [4.78, 5) is 25.5. The second kappa shape index (κ2) is 6.07. The van der Waals surface area contributed by atoms with Gasteiger partial charge in [-0.1, -0.05) is 6.92 Å². The number of hydrogen-bond acceptors (Lipinski definition) is 3. The molecule has 1 aliphatic rings. The molecule has 0 unspecified atom stereocenters. The molecule has 0 aliphatic carbocycles. The molecule has 6 heteroatoms. The van der Waals surface area contributed by atoms with Gasteiger partial charge in [0.05, 0.1) is 17.5 Å². The van der Waals surface area contributed by atoms with Crippen molar-refractivity contribution in [2.24, 2.45) is 7.05 Å². The number of hydrogen-bond donors (Lipinski definition) is 1. The first-order valence-corrected chi connectivity index (χ1v) is 7.10. The molecule has 2 amide bonds. The highest BCUT2D eigenvalue weighted by molar-refractivity contribution is 5.95. The van der Waals surface area contributed by atoms with Crippen LogP contribution in [0.4, 0.5) is 0 Å². The molecule has 110 valence electrons. The maximum absolute atomic E-state index is 12.6. The Morgan fingerprint density at radius 1 is 1.50 bits per heavy atom. The number of likely N-dealkylation sites (tertiary alicyclic amines) is 1. The molecule has 2 rings (SSSR count). The van der Waals surface area contributed by atoms with Gasteiger partial charge in [0.25, 0.3) is 5.91 Å². The van der Waals surface area contributed by atoms with E-state index in [0.29, 0.717) is 12.1 Å². The largest absolute Gasteiger partial charge is 0.352 e. The van der Waals surface area contributed by atoms with E-state index in [-0.39, 0.29) is 17.9 Å². The highest BCUT2D eigenvalue weighted by Crippen LogP contribution is 2.16. The summed E-state index contributed by atoms with van der Waals surface area (Å²) >= 11 is 0. The van der Waals surface area contributed by atoms with E-state index >= 15 is 0 Å². The normalized spacial score (nSPS) is 18.9. The lowest BCUT2D eigenvalue weighted by atomic mass is 10.0. The Kier molecular flexibility index (Phi) is 4.42. The third-order valence-corrected chi connectivity index (χ3v) is 3.74. The molecule has 0 aromatic carbocycles. The second-order valence-electron chi connectivity index (χ2n) is 5.27. The Balaban J connectivity index is 2.10. The summed E-state index contributed by atoms with van der Waals surface area (Å²) in [6.07, 6.45) is 4.26. The number of nitrogens with zero attached hydrogens (tertiary/aromatic N) is 3. The monoisotopic (exact) mass is 278 g/mol. The zero-order valence-electron chi connectivity index (χ0n) is 12.3. The molecule has 1 fully saturated rings. The van der Waals surface area contributed by atoms with Crippen molar-refractivity contribution in [3.63, 3.8) is 0 Å². The summed E-state index contributed by atoms with van der Waals surface area (Å²) in [5.41, 5.74) is 1.63. The fourth-order valence-corrected chi connectivity index (χ4v) is 2.80. The van der Waals surface area contributed by atoms with Crippen LogP contribution in [0.15, 0.2) is 6.20 Å². The second-order valence-corrected chi connectivity index (χ2v) is 5.27. The van der Waals surface area contributed by atoms with Crippen LogP contribution in [0.3, 0.4) is 0 Å². The van der Waals surface area contributed by atoms with Crippen molar-refractivity contribution in [2.45, 2.75) is 39.2 Å². The first-order valence-electron chi connectivity index (χ1n) is 7.10. The Morgan fingerprint density at radius 2 is 2.25 bits per heavy atom. The number of rotatable bonds is 3. The maximum atomic E-state index is 12.6. The maximum Gasteiger partial charge on any atom is 0.257 e. The molecule has 0 radical (unpaired) electrons. The van der Waals surface area contributed by atoms with E-state index < -0.39 is 0 Å². The van der Waals surface area contributed by atoms with E-state index in [9.17, 15) is 9.59 Å². The van der Waals surface area contributed by atoms with Crippen LogP contribution >= 0.6 is 0 Å². The van der Waals surface area contributed by atoms with Crippen molar-refractivity contribution < 1.29 is 9.59 Å². The Bertz CT molecular complexity index is 509. The molecule has 0 spiro atoms. The molecular formula is C14H22N4O2. The van der Waals surface area contributed by atoms with Crippen LogP contribution in [0.1, 0.15) is 42.7 Å². The molecule has 1 aromatic heterocycles. The fraction of sp³-hybridized carbons (Fsp3) is 0.643. The number of aromatic nitrogens is 2. The van der Waals surface area contributed by atoms with Crippen LogP contribution in [0, 0.1) is 0 Å². The number of nitrogens with one attached hydrogen (secondary N) is 1. The first-order chi connectivity index (χ1) is 9.52. The summed E-state index contributed by atoms with van der Waals surface area (Å²) in [6, 6.07) is 0.0620. The van der Waals surface area contributed by atoms with Crippen molar-refractivity contribution in [1.82, 2.24) is 20.0 Å². The summed E-state index contributed by atoms with van der Waals surface area (Å²) in [5, 5.41) is 7.07. The van der Waals surface area contributed by atoms with E-state index in [4.69, 9.17) is 0 Å². The molecule has 1 aliphatic heterocycles. The summed E-state index contributed by atoms with van der Waals surface area (Å²) in [7, 11) is 1.85. The van der Waals surface area contributed by atoms with Crippen molar-refractivity contribution in [3.05, 3.63) is 17.5 Å². The third kappa shape index (κ3) is 3.00. The number of aryl methyl sites for hydroxylation is 1. The van der Waals surface area contributed by atoms with Gasteiger partial charge in [0.1, 0.15) is 0 Å². The fourth-order valence-electron chi connectivity index (χ4n) is 2.80. The van der Waals surface area contributed by atoms with Gasteiger partial charge in [0.15, 0.2) is 0 Å². The molecule has 2 heterocycles. The Morgan fingerprint density at radius 3 is 2.90 bits per heavy atom. The molecule has 0 bridgehead atoms. The smallest absolute Gasteiger partial charge is 0.257 e. The highest BCUT2D eigenvalue weighted by Gasteiger charge is 2.27. The predicted molar refractivity (Wildman–Crippen MR) is 75.3 cm³/mol. The van der Waals surface area contributed by atoms with Crippen LogP contribution in [0.5, 0.6) is 0 Å². The minimum atomic E-state index is -0.0417. The quantitative estimate of drug-likeness (QED) is 0.886. The van der Waals surface area contributed by atoms with Gasteiger partial charge in [-0.05, 0) is 19.3 Å². The van der Waals surface area contributed by atoms with Gasteiger partial charge in [0, 0.05) is 33.1 Å². The number of amides is 2. The van der Waals surface area contributed by atoms with Gasteiger partial charge in [-0.2, -0.15) is 5.10 Å². The van der Waals surface area contributed by atoms with Gasteiger partial charge in [-0.15, -0.1) is 0 Å². The lowest BCUT2D eigenvalue weighted by Crippen LogP contribution is -2.49. The van der Waals surface area contributed by atoms with E-state index in [1.165, 1.54) is 6.92 Å². The van der Waals surface area contributed by atoms with Crippen LogP contribution < -0.4 is 5.32 Å². The van der Waals surface area contributed by atoms with Gasteiger partial charge >= 0.3 is 0 Å². The van der Waals surface area contributed by atoms with Crippen molar-refractivity contribution >= 4 is 11.8 Å². The zero-order valence-corrected chi connectivity index (χ0v) is 12.3. The highest BCUT2D eigenvalue weighted by atomic mass is 16.2. The van der Waals surface area contributed by atoms with E-state index in [2.05, 4.69) is 10.4 Å². The molecule has 0 saturated carbocycles. The molecule has 1 saturated heterocycles. The SMILES string of the molecule is CCc1c(C(=O)N2CCC[C@@H](NC(C)=O)C2)cnn1C. The average molecular weight is 278 g/mol. The molecule has 1 aromatic rings. The van der Waals surface area contributed by atoms with Crippen molar-refractivity contribution in [2.75, 3.05) is 13.1 Å². The zero-order chi connectivity index (χ0) is 14.7. The molecular weight excluding hydrogens is 256 g/mol. The number of carbonyl (C=O) groups is 2. The summed E-state index contributed by atoms with van der Waals surface area (Å²) in [6.45, 7) is 4.85. The van der Waals surface area contributed by atoms with Gasteiger partial charge in [-0.25, -0.2) is 0 Å². The lowest BCUT2D eigenvalue weighted by Gasteiger charge is -2.33. The van der Waals surface area contributed by atoms with Gasteiger partial charge in [0.2, 0.25) is 5.91 Å². The van der Waals surface area contributed by atoms with Crippen LogP contribution in [-0.4, -0.2) is 45.6 Å². The third-order valence-electron chi connectivity index (χ3n) is 3.74. The molecule has 1 N–H and O–H groups in total. The molecule has 6 nitrogen and oxygen atoms in total. The predicted octanol–water partition coefficient (Wildman–Crippen LogP) is 0.723.